The first-order chi connectivity index (χ1) is 10.2. The molecule has 0 saturated heterocycles. The maximum Gasteiger partial charge on any atom is 0.0644 e. The molecule has 3 nitrogen and oxygen atoms in total. The first-order valence-corrected chi connectivity index (χ1v) is 8.04. The molecular weight excluding hydrogens is 258 g/mol. The van der Waals surface area contributed by atoms with E-state index < -0.39 is 0 Å². The molecule has 0 aliphatic carbocycles. The van der Waals surface area contributed by atoms with Gasteiger partial charge in [0.1, 0.15) is 0 Å². The molecule has 0 radical (unpaired) electrons. The van der Waals surface area contributed by atoms with Gasteiger partial charge in [-0.1, -0.05) is 29.8 Å². The Hall–Kier alpha value is -1.61. The molecule has 3 rings (SSSR count). The van der Waals surface area contributed by atoms with Crippen molar-refractivity contribution in [1.82, 2.24) is 15.1 Å². The van der Waals surface area contributed by atoms with Crippen LogP contribution in [0.4, 0.5) is 0 Å². The molecule has 1 N–H and O–H groups in total. The van der Waals surface area contributed by atoms with Crippen LogP contribution in [0.5, 0.6) is 0 Å². The second-order valence-electron chi connectivity index (χ2n) is 6.04. The summed E-state index contributed by atoms with van der Waals surface area (Å²) in [5, 5.41) is 8.39. The highest BCUT2D eigenvalue weighted by molar-refractivity contribution is 5.32. The third-order valence-electron chi connectivity index (χ3n) is 4.53. The summed E-state index contributed by atoms with van der Waals surface area (Å²) in [5.74, 6) is 0. The fraction of sp³-hybridized carbons (Fsp3) is 0.500. The summed E-state index contributed by atoms with van der Waals surface area (Å²) in [6.45, 7) is 8.51. The summed E-state index contributed by atoms with van der Waals surface area (Å²) in [4.78, 5) is 0. The van der Waals surface area contributed by atoms with Gasteiger partial charge in [0, 0.05) is 36.8 Å². The van der Waals surface area contributed by atoms with Crippen LogP contribution in [0.25, 0.3) is 0 Å². The molecule has 0 fully saturated rings. The summed E-state index contributed by atoms with van der Waals surface area (Å²) in [5.41, 5.74) is 6.86. The van der Waals surface area contributed by atoms with E-state index in [9.17, 15) is 0 Å². The van der Waals surface area contributed by atoms with Crippen LogP contribution in [-0.4, -0.2) is 16.3 Å². The third kappa shape index (κ3) is 2.88. The molecule has 1 aliphatic rings. The fourth-order valence-electron chi connectivity index (χ4n) is 3.40. The monoisotopic (exact) mass is 283 g/mol. The molecule has 112 valence electrons. The van der Waals surface area contributed by atoms with E-state index in [-0.39, 0.29) is 0 Å². The lowest BCUT2D eigenvalue weighted by molar-refractivity contribution is 0.461. The number of hydrogen-bond acceptors (Lipinski definition) is 2. The van der Waals surface area contributed by atoms with Crippen molar-refractivity contribution in [3.05, 3.63) is 52.3 Å². The van der Waals surface area contributed by atoms with Gasteiger partial charge in [0.05, 0.1) is 5.69 Å². The van der Waals surface area contributed by atoms with Crippen molar-refractivity contribution in [2.45, 2.75) is 52.6 Å². The van der Waals surface area contributed by atoms with Crippen molar-refractivity contribution < 1.29 is 0 Å². The topological polar surface area (TPSA) is 29.9 Å². The highest BCUT2D eigenvalue weighted by Gasteiger charge is 2.25. The summed E-state index contributed by atoms with van der Waals surface area (Å²) in [7, 11) is 0. The van der Waals surface area contributed by atoms with E-state index in [2.05, 4.69) is 55.0 Å². The molecule has 0 unspecified atom stereocenters. The van der Waals surface area contributed by atoms with Crippen LogP contribution in [-0.2, 0) is 19.4 Å². The van der Waals surface area contributed by atoms with Crippen molar-refractivity contribution in [3.8, 4) is 0 Å². The van der Waals surface area contributed by atoms with Gasteiger partial charge >= 0.3 is 0 Å². The molecule has 0 amide bonds. The van der Waals surface area contributed by atoms with Gasteiger partial charge in [-0.2, -0.15) is 5.10 Å². The van der Waals surface area contributed by atoms with E-state index in [1.54, 1.807) is 0 Å². The summed E-state index contributed by atoms with van der Waals surface area (Å²) >= 11 is 0. The van der Waals surface area contributed by atoms with E-state index in [4.69, 9.17) is 5.10 Å². The average Bonchev–Trinajstić information content (AvgIpc) is 2.84. The van der Waals surface area contributed by atoms with Gasteiger partial charge in [0.25, 0.3) is 0 Å². The molecular formula is C18H25N3. The Kier molecular flexibility index (Phi) is 4.11. The van der Waals surface area contributed by atoms with E-state index in [0.717, 1.165) is 32.4 Å². The zero-order valence-corrected chi connectivity index (χ0v) is 13.3. The van der Waals surface area contributed by atoms with E-state index in [0.29, 0.717) is 6.04 Å². The largest absolute Gasteiger partial charge is 0.309 e. The van der Waals surface area contributed by atoms with Crippen molar-refractivity contribution in [1.29, 1.82) is 0 Å². The zero-order chi connectivity index (χ0) is 14.8. The molecule has 1 atom stereocenters. The number of benzene rings is 1. The Morgan fingerprint density at radius 1 is 1.24 bits per heavy atom. The van der Waals surface area contributed by atoms with Crippen LogP contribution in [0.15, 0.2) is 24.3 Å². The molecule has 1 aromatic carbocycles. The quantitative estimate of drug-likeness (QED) is 0.932. The van der Waals surface area contributed by atoms with Gasteiger partial charge in [-0.15, -0.1) is 0 Å². The maximum absolute atomic E-state index is 4.70. The lowest BCUT2D eigenvalue weighted by Gasteiger charge is -2.25. The van der Waals surface area contributed by atoms with Crippen molar-refractivity contribution in [3.63, 3.8) is 0 Å². The molecule has 3 heteroatoms. The molecule has 1 aliphatic heterocycles. The Morgan fingerprint density at radius 3 is 2.71 bits per heavy atom. The molecule has 2 aromatic rings. The van der Waals surface area contributed by atoms with E-state index >= 15 is 0 Å². The molecule has 0 saturated carbocycles. The maximum atomic E-state index is 4.70. The van der Waals surface area contributed by atoms with Crippen molar-refractivity contribution >= 4 is 0 Å². The van der Waals surface area contributed by atoms with Crippen LogP contribution >= 0.6 is 0 Å². The number of hydrogen-bond donors (Lipinski definition) is 1. The van der Waals surface area contributed by atoms with Gasteiger partial charge < -0.3 is 5.32 Å². The van der Waals surface area contributed by atoms with E-state index in [1.807, 2.05) is 0 Å². The first kappa shape index (κ1) is 14.3. The predicted octanol–water partition coefficient (Wildman–Crippen LogP) is 3.34. The second-order valence-corrected chi connectivity index (χ2v) is 6.04. The SMILES string of the molecule is CCn1nc(C)c2c1CCN[C@H]2CCc1ccc(C)cc1. The minimum absolute atomic E-state index is 0.454. The van der Waals surface area contributed by atoms with Gasteiger partial charge in [0.2, 0.25) is 0 Å². The Balaban J connectivity index is 1.76. The number of nitrogens with zero attached hydrogens (tertiary/aromatic N) is 2. The second kappa shape index (κ2) is 6.02. The molecule has 1 aromatic heterocycles. The average molecular weight is 283 g/mol. The highest BCUT2D eigenvalue weighted by Crippen LogP contribution is 2.29. The van der Waals surface area contributed by atoms with Crippen molar-refractivity contribution in [2.24, 2.45) is 0 Å². The highest BCUT2D eigenvalue weighted by atomic mass is 15.3. The number of nitrogens with one attached hydrogen (secondary N) is 1. The number of rotatable bonds is 4. The normalized spacial score (nSPS) is 17.8. The molecule has 0 bridgehead atoms. The minimum atomic E-state index is 0.454. The van der Waals surface area contributed by atoms with Crippen LogP contribution < -0.4 is 5.32 Å². The van der Waals surface area contributed by atoms with Gasteiger partial charge in [0.15, 0.2) is 0 Å². The summed E-state index contributed by atoms with van der Waals surface area (Å²) in [6, 6.07) is 9.36. The van der Waals surface area contributed by atoms with Crippen molar-refractivity contribution in [2.75, 3.05) is 6.54 Å². The van der Waals surface area contributed by atoms with Crippen LogP contribution in [0.3, 0.4) is 0 Å². The van der Waals surface area contributed by atoms with E-state index in [1.165, 1.54) is 28.1 Å². The smallest absolute Gasteiger partial charge is 0.0644 e. The number of aryl methyl sites for hydroxylation is 4. The molecule has 21 heavy (non-hydrogen) atoms. The van der Waals surface area contributed by atoms with Crippen LogP contribution in [0, 0.1) is 13.8 Å². The zero-order valence-electron chi connectivity index (χ0n) is 13.3. The van der Waals surface area contributed by atoms with Crippen LogP contribution in [0.1, 0.15) is 47.5 Å². The summed E-state index contributed by atoms with van der Waals surface area (Å²) in [6.07, 6.45) is 3.37. The predicted molar refractivity (Wildman–Crippen MR) is 86.6 cm³/mol. The Labute approximate surface area is 127 Å². The number of fused-ring (bicyclic) bond motifs is 1. The Morgan fingerprint density at radius 2 is 2.00 bits per heavy atom. The Bertz CT molecular complexity index is 610. The summed E-state index contributed by atoms with van der Waals surface area (Å²) < 4.78 is 2.18. The van der Waals surface area contributed by atoms with Gasteiger partial charge in [-0.3, -0.25) is 4.68 Å². The van der Waals surface area contributed by atoms with Crippen LogP contribution in [0.2, 0.25) is 0 Å². The number of aromatic nitrogens is 2. The minimum Gasteiger partial charge on any atom is -0.309 e. The first-order valence-electron chi connectivity index (χ1n) is 8.04. The van der Waals surface area contributed by atoms with Gasteiger partial charge in [-0.25, -0.2) is 0 Å². The fourth-order valence-corrected chi connectivity index (χ4v) is 3.40. The molecule has 2 heterocycles. The standard InChI is InChI=1S/C18H25N3/c1-4-21-17-11-12-19-16(18(17)14(3)20-21)10-9-15-7-5-13(2)6-8-15/h5-8,16,19H,4,9-12H2,1-3H3/t16-/m0/s1. The molecule has 0 spiro atoms. The van der Waals surface area contributed by atoms with Gasteiger partial charge in [-0.05, 0) is 39.2 Å². The lowest BCUT2D eigenvalue weighted by Crippen LogP contribution is -2.31. The lowest BCUT2D eigenvalue weighted by atomic mass is 9.93. The third-order valence-corrected chi connectivity index (χ3v) is 4.53.